The molecule has 3 rings (SSSR count). The first-order chi connectivity index (χ1) is 15.3. The number of likely N-dealkylation sites (tertiary alicyclic amines) is 1. The van der Waals surface area contributed by atoms with Gasteiger partial charge in [-0.25, -0.2) is 13.2 Å². The number of carbonyl (C=O) groups is 2. The van der Waals surface area contributed by atoms with Gasteiger partial charge in [0.15, 0.2) is 6.61 Å². The molecule has 7 nitrogen and oxygen atoms in total. The molecule has 0 bridgehead atoms. The normalized spacial score (nSPS) is 14.0. The molecule has 1 saturated heterocycles. The molecule has 1 aliphatic rings. The van der Waals surface area contributed by atoms with E-state index in [2.05, 4.69) is 6.58 Å². The first-order valence-corrected chi connectivity index (χ1v) is 12.1. The average Bonchev–Trinajstić information content (AvgIpc) is 2.82. The number of esters is 1. The third kappa shape index (κ3) is 5.69. The van der Waals surface area contributed by atoms with Gasteiger partial charge in [0.1, 0.15) is 0 Å². The van der Waals surface area contributed by atoms with Crippen LogP contribution < -0.4 is 4.31 Å². The Bertz CT molecular complexity index is 1080. The highest BCUT2D eigenvalue weighted by atomic mass is 35.5. The third-order valence-electron chi connectivity index (χ3n) is 5.10. The topological polar surface area (TPSA) is 84.0 Å². The molecule has 1 amide bonds. The monoisotopic (exact) mass is 476 g/mol. The van der Waals surface area contributed by atoms with Gasteiger partial charge in [-0.2, -0.15) is 0 Å². The van der Waals surface area contributed by atoms with Crippen molar-refractivity contribution in [3.05, 3.63) is 71.8 Å². The number of hydrogen-bond acceptors (Lipinski definition) is 5. The summed E-state index contributed by atoms with van der Waals surface area (Å²) in [6, 6.07) is 11.9. The number of sulfonamides is 1. The SMILES string of the molecule is C=CCN(c1ccc(Cl)cc1)S(=O)(=O)c1cccc(C(=O)OCC(=O)N2CCCCC2)c1. The minimum absolute atomic E-state index is 0.0307. The van der Waals surface area contributed by atoms with E-state index in [1.165, 1.54) is 34.6 Å². The van der Waals surface area contributed by atoms with Crippen molar-refractivity contribution in [1.29, 1.82) is 0 Å². The Kier molecular flexibility index (Phi) is 7.93. The van der Waals surface area contributed by atoms with Gasteiger partial charge in [0.25, 0.3) is 15.9 Å². The average molecular weight is 477 g/mol. The summed E-state index contributed by atoms with van der Waals surface area (Å²) < 4.78 is 32.9. The Morgan fingerprint density at radius 2 is 1.78 bits per heavy atom. The number of piperidine rings is 1. The molecule has 1 fully saturated rings. The molecule has 1 aliphatic heterocycles. The number of nitrogens with zero attached hydrogens (tertiary/aromatic N) is 2. The highest BCUT2D eigenvalue weighted by Gasteiger charge is 2.25. The van der Waals surface area contributed by atoms with E-state index in [9.17, 15) is 18.0 Å². The summed E-state index contributed by atoms with van der Waals surface area (Å²) in [5.74, 6) is -1.00. The number of carbonyl (C=O) groups excluding carboxylic acids is 2. The van der Waals surface area contributed by atoms with Gasteiger partial charge in [-0.05, 0) is 61.7 Å². The van der Waals surface area contributed by atoms with Crippen LogP contribution in [0.5, 0.6) is 0 Å². The quantitative estimate of drug-likeness (QED) is 0.426. The van der Waals surface area contributed by atoms with E-state index in [4.69, 9.17) is 16.3 Å². The standard InChI is InChI=1S/C23H25ClN2O5S/c1-2-13-26(20-11-9-19(24)10-12-20)32(29,30)21-8-6-7-18(16-21)23(28)31-17-22(27)25-14-4-3-5-15-25/h2,6-12,16H,1,3-5,13-15,17H2. The van der Waals surface area contributed by atoms with E-state index in [0.717, 1.165) is 19.3 Å². The summed E-state index contributed by atoms with van der Waals surface area (Å²) in [7, 11) is -4.00. The Balaban J connectivity index is 1.76. The smallest absolute Gasteiger partial charge is 0.338 e. The van der Waals surface area contributed by atoms with Crippen LogP contribution in [0.25, 0.3) is 0 Å². The Morgan fingerprint density at radius 1 is 1.09 bits per heavy atom. The zero-order valence-corrected chi connectivity index (χ0v) is 19.1. The van der Waals surface area contributed by atoms with Crippen LogP contribution in [0.3, 0.4) is 0 Å². The first kappa shape index (κ1) is 23.8. The largest absolute Gasteiger partial charge is 0.452 e. The van der Waals surface area contributed by atoms with Crippen LogP contribution >= 0.6 is 11.6 Å². The maximum Gasteiger partial charge on any atom is 0.338 e. The minimum atomic E-state index is -4.00. The molecule has 0 aromatic heterocycles. The van der Waals surface area contributed by atoms with Crippen LogP contribution in [0.4, 0.5) is 5.69 Å². The number of benzene rings is 2. The van der Waals surface area contributed by atoms with Crippen molar-refractivity contribution in [3.63, 3.8) is 0 Å². The summed E-state index contributed by atoms with van der Waals surface area (Å²) in [5, 5.41) is 0.480. The van der Waals surface area contributed by atoms with Crippen molar-refractivity contribution in [3.8, 4) is 0 Å². The van der Waals surface area contributed by atoms with Gasteiger partial charge < -0.3 is 9.64 Å². The van der Waals surface area contributed by atoms with Crippen LogP contribution in [0.15, 0.2) is 66.1 Å². The summed E-state index contributed by atoms with van der Waals surface area (Å²) >= 11 is 5.92. The number of rotatable bonds is 8. The number of anilines is 1. The van der Waals surface area contributed by atoms with Gasteiger partial charge in [0.2, 0.25) is 0 Å². The van der Waals surface area contributed by atoms with Crippen molar-refractivity contribution in [2.75, 3.05) is 30.5 Å². The lowest BCUT2D eigenvalue weighted by Crippen LogP contribution is -2.38. The fourth-order valence-corrected chi connectivity index (χ4v) is 5.03. The van der Waals surface area contributed by atoms with E-state index in [1.54, 1.807) is 29.2 Å². The molecule has 0 N–H and O–H groups in total. The van der Waals surface area contributed by atoms with E-state index in [1.807, 2.05) is 0 Å². The van der Waals surface area contributed by atoms with Gasteiger partial charge in [0.05, 0.1) is 22.7 Å². The molecule has 1 heterocycles. The zero-order chi connectivity index (χ0) is 23.1. The van der Waals surface area contributed by atoms with Gasteiger partial charge in [-0.3, -0.25) is 9.10 Å². The second-order valence-corrected chi connectivity index (χ2v) is 9.65. The van der Waals surface area contributed by atoms with Crippen LogP contribution in [0.1, 0.15) is 29.6 Å². The molecule has 32 heavy (non-hydrogen) atoms. The van der Waals surface area contributed by atoms with Crippen LogP contribution in [0, 0.1) is 0 Å². The summed E-state index contributed by atoms with van der Waals surface area (Å²) in [4.78, 5) is 26.3. The van der Waals surface area contributed by atoms with Crippen molar-refractivity contribution in [1.82, 2.24) is 4.90 Å². The maximum atomic E-state index is 13.3. The second-order valence-electron chi connectivity index (χ2n) is 7.35. The number of hydrogen-bond donors (Lipinski definition) is 0. The first-order valence-electron chi connectivity index (χ1n) is 10.3. The van der Waals surface area contributed by atoms with Gasteiger partial charge in [-0.15, -0.1) is 6.58 Å². The molecule has 0 saturated carbocycles. The van der Waals surface area contributed by atoms with E-state index >= 15 is 0 Å². The molecule has 2 aromatic rings. The molecule has 170 valence electrons. The molecular weight excluding hydrogens is 452 g/mol. The molecule has 0 atom stereocenters. The van der Waals surface area contributed by atoms with Crippen LogP contribution in [-0.2, 0) is 19.6 Å². The molecule has 0 unspecified atom stereocenters. The summed E-state index contributed by atoms with van der Waals surface area (Å²) in [5.41, 5.74) is 0.460. The Morgan fingerprint density at radius 3 is 2.44 bits per heavy atom. The second kappa shape index (κ2) is 10.7. The van der Waals surface area contributed by atoms with E-state index in [-0.39, 0.29) is 29.5 Å². The molecule has 0 spiro atoms. The Labute approximate surface area is 193 Å². The fraction of sp³-hybridized carbons (Fsp3) is 0.304. The van der Waals surface area contributed by atoms with E-state index in [0.29, 0.717) is 23.8 Å². The summed E-state index contributed by atoms with van der Waals surface area (Å²) in [6.45, 7) is 4.61. The molecular formula is C23H25ClN2O5S. The highest BCUT2D eigenvalue weighted by Crippen LogP contribution is 2.26. The van der Waals surface area contributed by atoms with Gasteiger partial charge in [-0.1, -0.05) is 23.7 Å². The lowest BCUT2D eigenvalue weighted by molar-refractivity contribution is -0.135. The predicted octanol–water partition coefficient (Wildman–Crippen LogP) is 3.89. The van der Waals surface area contributed by atoms with Crippen molar-refractivity contribution < 1.29 is 22.7 Å². The molecule has 2 aromatic carbocycles. The molecule has 0 radical (unpaired) electrons. The lowest BCUT2D eigenvalue weighted by atomic mass is 10.1. The zero-order valence-electron chi connectivity index (χ0n) is 17.6. The fourth-order valence-electron chi connectivity index (χ4n) is 3.42. The molecule has 9 heteroatoms. The van der Waals surface area contributed by atoms with Gasteiger partial charge >= 0.3 is 5.97 Å². The van der Waals surface area contributed by atoms with Crippen LogP contribution in [0.2, 0.25) is 5.02 Å². The Hall–Kier alpha value is -2.84. The van der Waals surface area contributed by atoms with Crippen molar-refractivity contribution in [2.45, 2.75) is 24.2 Å². The number of amides is 1. The predicted molar refractivity (Wildman–Crippen MR) is 123 cm³/mol. The minimum Gasteiger partial charge on any atom is -0.452 e. The number of halogens is 1. The highest BCUT2D eigenvalue weighted by molar-refractivity contribution is 7.92. The van der Waals surface area contributed by atoms with Crippen molar-refractivity contribution >= 4 is 39.2 Å². The van der Waals surface area contributed by atoms with E-state index < -0.39 is 16.0 Å². The number of ether oxygens (including phenoxy) is 1. The third-order valence-corrected chi connectivity index (χ3v) is 7.14. The maximum absolute atomic E-state index is 13.3. The summed E-state index contributed by atoms with van der Waals surface area (Å²) in [6.07, 6.45) is 4.43. The van der Waals surface area contributed by atoms with Crippen molar-refractivity contribution in [2.24, 2.45) is 0 Å². The molecule has 0 aliphatic carbocycles. The van der Waals surface area contributed by atoms with Gasteiger partial charge in [0, 0.05) is 18.1 Å². The lowest BCUT2D eigenvalue weighted by Gasteiger charge is -2.26. The van der Waals surface area contributed by atoms with Crippen LogP contribution in [-0.4, -0.2) is 51.4 Å².